The molecule has 0 amide bonds. The molecule has 0 N–H and O–H groups in total. The second-order valence-corrected chi connectivity index (χ2v) is 6.91. The minimum absolute atomic E-state index is 0.574. The molecule has 0 fully saturated rings. The van der Waals surface area contributed by atoms with Gasteiger partial charge >= 0.3 is 0 Å². The number of nitriles is 1. The maximum atomic E-state index is 9.26. The monoisotopic (exact) mass is 335 g/mol. The lowest BCUT2D eigenvalue weighted by atomic mass is 9.87. The molecule has 1 aromatic carbocycles. The topological polar surface area (TPSA) is 50.8 Å². The first-order valence-electron chi connectivity index (χ1n) is 8.96. The molecule has 3 rings (SSSR count). The van der Waals surface area contributed by atoms with E-state index < -0.39 is 0 Å². The number of allylic oxidation sites excluding steroid dienone is 4. The third kappa shape index (κ3) is 3.19. The second-order valence-electron chi connectivity index (χ2n) is 6.91. The molecule has 0 aliphatic heterocycles. The van der Waals surface area contributed by atoms with Crippen LogP contribution in [0.4, 0.5) is 0 Å². The van der Waals surface area contributed by atoms with E-state index in [2.05, 4.69) is 49.6 Å². The highest BCUT2D eigenvalue weighted by Gasteiger charge is 2.20. The maximum Gasteiger partial charge on any atom is 0.146 e. The number of rotatable bonds is 5. The van der Waals surface area contributed by atoms with Crippen LogP contribution in [0.2, 0.25) is 0 Å². The van der Waals surface area contributed by atoms with Gasteiger partial charge in [-0.3, -0.25) is 0 Å². The van der Waals surface area contributed by atoms with Crippen LogP contribution in [-0.2, 0) is 6.54 Å². The normalized spacial score (nSPS) is 17.0. The summed E-state index contributed by atoms with van der Waals surface area (Å²) in [4.78, 5) is 4.85. The number of methoxy groups -OCH3 is 1. The van der Waals surface area contributed by atoms with Crippen molar-refractivity contribution in [1.82, 2.24) is 9.55 Å². The first-order valence-corrected chi connectivity index (χ1v) is 8.96. The Labute approximate surface area is 149 Å². The van der Waals surface area contributed by atoms with Crippen LogP contribution in [0.3, 0.4) is 0 Å². The Bertz CT molecular complexity index is 881. The van der Waals surface area contributed by atoms with E-state index in [1.54, 1.807) is 13.2 Å². The fourth-order valence-corrected chi connectivity index (χ4v) is 3.41. The van der Waals surface area contributed by atoms with Crippen LogP contribution in [-0.4, -0.2) is 16.7 Å². The molecular formula is C21H25N3O. The van der Waals surface area contributed by atoms with Crippen LogP contribution >= 0.6 is 0 Å². The van der Waals surface area contributed by atoms with Crippen LogP contribution in [0.15, 0.2) is 30.4 Å². The average molecular weight is 335 g/mol. The van der Waals surface area contributed by atoms with Gasteiger partial charge in [-0.1, -0.05) is 39.0 Å². The molecule has 0 bridgehead atoms. The molecule has 1 aliphatic carbocycles. The average Bonchev–Trinajstić information content (AvgIpc) is 2.99. The third-order valence-electron chi connectivity index (χ3n) is 4.85. The van der Waals surface area contributed by atoms with Gasteiger partial charge in [-0.25, -0.2) is 4.98 Å². The molecule has 25 heavy (non-hydrogen) atoms. The minimum atomic E-state index is 0.574. The smallest absolute Gasteiger partial charge is 0.146 e. The van der Waals surface area contributed by atoms with Gasteiger partial charge in [-0.2, -0.15) is 5.26 Å². The fraction of sp³-hybridized carbons (Fsp3) is 0.429. The highest BCUT2D eigenvalue weighted by molar-refractivity contribution is 5.88. The van der Waals surface area contributed by atoms with Gasteiger partial charge in [0.1, 0.15) is 17.1 Å². The van der Waals surface area contributed by atoms with E-state index in [0.29, 0.717) is 23.1 Å². The Morgan fingerprint density at radius 3 is 2.76 bits per heavy atom. The fourth-order valence-electron chi connectivity index (χ4n) is 3.41. The van der Waals surface area contributed by atoms with Crippen LogP contribution in [0.25, 0.3) is 16.6 Å². The van der Waals surface area contributed by atoms with Gasteiger partial charge in [-0.05, 0) is 30.7 Å². The molecule has 1 heterocycles. The first kappa shape index (κ1) is 17.3. The molecule has 1 aliphatic rings. The molecule has 0 saturated heterocycles. The van der Waals surface area contributed by atoms with Crippen molar-refractivity contribution in [3.63, 3.8) is 0 Å². The summed E-state index contributed by atoms with van der Waals surface area (Å²) >= 11 is 0. The number of imidazole rings is 1. The minimum Gasteiger partial charge on any atom is -0.494 e. The Balaban J connectivity index is 2.14. The van der Waals surface area contributed by atoms with E-state index in [9.17, 15) is 5.26 Å². The predicted molar refractivity (Wildman–Crippen MR) is 101 cm³/mol. The van der Waals surface area contributed by atoms with Crippen molar-refractivity contribution in [2.75, 3.05) is 7.11 Å². The number of fused-ring (bicyclic) bond motifs is 1. The van der Waals surface area contributed by atoms with Crippen LogP contribution in [0, 0.1) is 23.2 Å². The predicted octanol–water partition coefficient (Wildman–Crippen LogP) is 4.94. The highest BCUT2D eigenvalue weighted by atomic mass is 16.5. The molecule has 130 valence electrons. The van der Waals surface area contributed by atoms with E-state index in [-0.39, 0.29) is 0 Å². The standard InChI is InChI=1S/C21H25N3O/c1-5-10-24-20-18(11-15(13-22)12-19(20)25-4)23-21(24)17-8-6-16(7-9-17)14(2)3/h6,8-9,11-12,14,16H,5,7,10H2,1-4H3. The summed E-state index contributed by atoms with van der Waals surface area (Å²) in [6, 6.07) is 5.83. The maximum absolute atomic E-state index is 9.26. The zero-order valence-electron chi connectivity index (χ0n) is 15.4. The van der Waals surface area contributed by atoms with Gasteiger partial charge in [0.15, 0.2) is 0 Å². The number of aromatic nitrogens is 2. The number of nitrogens with zero attached hydrogens (tertiary/aromatic N) is 3. The zero-order valence-corrected chi connectivity index (χ0v) is 15.4. The van der Waals surface area contributed by atoms with E-state index >= 15 is 0 Å². The van der Waals surface area contributed by atoms with Gasteiger partial charge in [0, 0.05) is 18.2 Å². The first-order chi connectivity index (χ1) is 12.1. The van der Waals surface area contributed by atoms with Crippen molar-refractivity contribution in [3.8, 4) is 11.8 Å². The van der Waals surface area contributed by atoms with E-state index in [0.717, 1.165) is 41.8 Å². The van der Waals surface area contributed by atoms with Crippen LogP contribution < -0.4 is 4.74 Å². The molecule has 4 heteroatoms. The van der Waals surface area contributed by atoms with Gasteiger partial charge < -0.3 is 9.30 Å². The Hall–Kier alpha value is -2.54. The van der Waals surface area contributed by atoms with Gasteiger partial charge in [0.25, 0.3) is 0 Å². The third-order valence-corrected chi connectivity index (χ3v) is 4.85. The van der Waals surface area contributed by atoms with E-state index in [4.69, 9.17) is 9.72 Å². The Morgan fingerprint density at radius 2 is 2.20 bits per heavy atom. The second kappa shape index (κ2) is 7.14. The summed E-state index contributed by atoms with van der Waals surface area (Å²) < 4.78 is 7.78. The summed E-state index contributed by atoms with van der Waals surface area (Å²) in [5.41, 5.74) is 3.52. The molecule has 1 aromatic heterocycles. The molecule has 0 radical (unpaired) electrons. The summed E-state index contributed by atoms with van der Waals surface area (Å²) in [7, 11) is 1.64. The van der Waals surface area contributed by atoms with Gasteiger partial charge in [0.2, 0.25) is 0 Å². The molecule has 4 nitrogen and oxygen atoms in total. The molecule has 0 saturated carbocycles. The SMILES string of the molecule is CCCn1c(C2=CCC(C(C)C)C=C2)nc2cc(C#N)cc(OC)c21. The zero-order chi connectivity index (χ0) is 18.0. The number of hydrogen-bond donors (Lipinski definition) is 0. The van der Waals surface area contributed by atoms with Crippen LogP contribution in [0.5, 0.6) is 5.75 Å². The Morgan fingerprint density at radius 1 is 1.40 bits per heavy atom. The number of ether oxygens (including phenoxy) is 1. The van der Waals surface area contributed by atoms with Crippen molar-refractivity contribution < 1.29 is 4.74 Å². The molecule has 1 unspecified atom stereocenters. The van der Waals surface area contributed by atoms with E-state index in [1.807, 2.05) is 6.07 Å². The summed E-state index contributed by atoms with van der Waals surface area (Å²) in [5.74, 6) is 2.90. The van der Waals surface area contributed by atoms with Crippen molar-refractivity contribution in [2.24, 2.45) is 11.8 Å². The molecule has 1 atom stereocenters. The van der Waals surface area contributed by atoms with Crippen molar-refractivity contribution >= 4 is 16.6 Å². The van der Waals surface area contributed by atoms with Crippen LogP contribution in [0.1, 0.15) is 45.0 Å². The van der Waals surface area contributed by atoms with Gasteiger partial charge in [-0.15, -0.1) is 0 Å². The molecular weight excluding hydrogens is 310 g/mol. The number of aryl methyl sites for hydroxylation is 1. The largest absolute Gasteiger partial charge is 0.494 e. The number of benzene rings is 1. The van der Waals surface area contributed by atoms with Crippen molar-refractivity contribution in [3.05, 3.63) is 41.7 Å². The van der Waals surface area contributed by atoms with Gasteiger partial charge in [0.05, 0.1) is 24.3 Å². The summed E-state index contributed by atoms with van der Waals surface area (Å²) in [5, 5.41) is 9.26. The molecule has 2 aromatic rings. The lowest BCUT2D eigenvalue weighted by Crippen LogP contribution is -2.09. The lowest BCUT2D eigenvalue weighted by molar-refractivity contribution is 0.417. The molecule has 0 spiro atoms. The van der Waals surface area contributed by atoms with Crippen molar-refractivity contribution in [2.45, 2.75) is 40.2 Å². The van der Waals surface area contributed by atoms with E-state index in [1.165, 1.54) is 0 Å². The quantitative estimate of drug-likeness (QED) is 0.777. The van der Waals surface area contributed by atoms with Crippen molar-refractivity contribution in [1.29, 1.82) is 5.26 Å². The summed E-state index contributed by atoms with van der Waals surface area (Å²) in [6.07, 6.45) is 8.83. The Kier molecular flexibility index (Phi) is 4.94. The number of hydrogen-bond acceptors (Lipinski definition) is 3. The summed E-state index contributed by atoms with van der Waals surface area (Å²) in [6.45, 7) is 7.54. The lowest BCUT2D eigenvalue weighted by Gasteiger charge is -2.20. The highest BCUT2D eigenvalue weighted by Crippen LogP contribution is 2.34.